The van der Waals surface area contributed by atoms with E-state index in [9.17, 15) is 9.59 Å². The molecule has 0 fully saturated rings. The average Bonchev–Trinajstić information content (AvgIpc) is 3.33. The first-order valence-electron chi connectivity index (χ1n) is 14.2. The number of aryl methyl sites for hydroxylation is 1. The van der Waals surface area contributed by atoms with Gasteiger partial charge in [0, 0.05) is 0 Å². The molecule has 0 amide bonds. The molecule has 0 radical (unpaired) electrons. The first-order valence-corrected chi connectivity index (χ1v) is 15.0. The van der Waals surface area contributed by atoms with Gasteiger partial charge in [-0.15, -0.1) is 0 Å². The van der Waals surface area contributed by atoms with E-state index < -0.39 is 12.0 Å². The van der Waals surface area contributed by atoms with Gasteiger partial charge in [-0.05, 0) is 74.4 Å². The minimum absolute atomic E-state index is 0.205. The second kappa shape index (κ2) is 13.6. The van der Waals surface area contributed by atoms with Gasteiger partial charge in [0.05, 0.1) is 42.7 Å². The highest BCUT2D eigenvalue weighted by Crippen LogP contribution is 2.32. The van der Waals surface area contributed by atoms with Crippen molar-refractivity contribution in [1.82, 2.24) is 4.57 Å². The van der Waals surface area contributed by atoms with Crippen molar-refractivity contribution in [1.29, 1.82) is 0 Å². The molecule has 1 aromatic heterocycles. The standard InChI is InChI=1S/C34H34N2O7S/c1-6-41-33(38)30-22(3)35-34-36(31(30)24-10-14-25(39-4)15-11-24)32(37)29(44-34)20-23-9-16-27(28(19-23)40-5)43-18-17-42-26-12-7-21(2)8-13-26/h7-16,19-20,31H,6,17-18H2,1-5H3/b29-20+. The zero-order valence-corrected chi connectivity index (χ0v) is 26.1. The summed E-state index contributed by atoms with van der Waals surface area (Å²) in [6.07, 6.45) is 1.78. The SMILES string of the molecule is CCOC(=O)C1=C(C)N=c2s/c(=C/c3ccc(OCCOc4ccc(C)cc4)c(OC)c3)c(=O)n2C1c1ccc(OC)cc1. The molecule has 0 N–H and O–H groups in total. The van der Waals surface area contributed by atoms with E-state index in [0.29, 0.717) is 51.1 Å². The third kappa shape index (κ3) is 6.55. The maximum absolute atomic E-state index is 13.9. The zero-order chi connectivity index (χ0) is 31.2. The van der Waals surface area contributed by atoms with Crippen molar-refractivity contribution in [2.24, 2.45) is 4.99 Å². The number of allylic oxidation sites excluding steroid dienone is 1. The molecule has 228 valence electrons. The van der Waals surface area contributed by atoms with Crippen LogP contribution in [-0.2, 0) is 9.53 Å². The fourth-order valence-corrected chi connectivity index (χ4v) is 5.93. The Bertz CT molecular complexity index is 1860. The fourth-order valence-electron chi connectivity index (χ4n) is 4.88. The molecule has 0 saturated heterocycles. The highest BCUT2D eigenvalue weighted by Gasteiger charge is 2.33. The lowest BCUT2D eigenvalue weighted by molar-refractivity contribution is -0.139. The molecule has 0 bridgehead atoms. The highest BCUT2D eigenvalue weighted by molar-refractivity contribution is 7.07. The lowest BCUT2D eigenvalue weighted by atomic mass is 9.96. The second-order valence-corrected chi connectivity index (χ2v) is 11.0. The molecule has 1 atom stereocenters. The van der Waals surface area contributed by atoms with Gasteiger partial charge in [-0.1, -0.05) is 47.2 Å². The van der Waals surface area contributed by atoms with Crippen LogP contribution in [-0.4, -0.2) is 44.6 Å². The van der Waals surface area contributed by atoms with E-state index in [0.717, 1.165) is 16.9 Å². The van der Waals surface area contributed by atoms with Gasteiger partial charge < -0.3 is 23.7 Å². The summed E-state index contributed by atoms with van der Waals surface area (Å²) in [5.74, 6) is 2.03. The van der Waals surface area contributed by atoms with E-state index in [1.165, 1.54) is 16.9 Å². The number of rotatable bonds is 11. The van der Waals surface area contributed by atoms with E-state index in [1.807, 2.05) is 55.5 Å². The first-order chi connectivity index (χ1) is 21.3. The number of thiazole rings is 1. The molecular weight excluding hydrogens is 580 g/mol. The molecule has 0 saturated carbocycles. The van der Waals surface area contributed by atoms with Crippen LogP contribution in [0.5, 0.6) is 23.0 Å². The number of nitrogens with zero attached hydrogens (tertiary/aromatic N) is 2. The summed E-state index contributed by atoms with van der Waals surface area (Å²) in [5, 5.41) is 0. The van der Waals surface area contributed by atoms with Crippen molar-refractivity contribution in [2.75, 3.05) is 34.0 Å². The summed E-state index contributed by atoms with van der Waals surface area (Å²) in [5.41, 5.74) is 3.22. The fraction of sp³-hybridized carbons (Fsp3) is 0.265. The van der Waals surface area contributed by atoms with Crippen molar-refractivity contribution >= 4 is 23.4 Å². The van der Waals surface area contributed by atoms with Crippen LogP contribution >= 0.6 is 11.3 Å². The number of benzene rings is 3. The Morgan fingerprint density at radius 2 is 1.61 bits per heavy atom. The molecule has 10 heteroatoms. The minimum Gasteiger partial charge on any atom is -0.497 e. The molecule has 3 aromatic carbocycles. The van der Waals surface area contributed by atoms with Gasteiger partial charge in [-0.25, -0.2) is 9.79 Å². The van der Waals surface area contributed by atoms with E-state index in [-0.39, 0.29) is 12.2 Å². The largest absolute Gasteiger partial charge is 0.497 e. The van der Waals surface area contributed by atoms with Crippen LogP contribution in [0.3, 0.4) is 0 Å². The topological polar surface area (TPSA) is 97.6 Å². The maximum Gasteiger partial charge on any atom is 0.338 e. The van der Waals surface area contributed by atoms with Gasteiger partial charge in [0.1, 0.15) is 24.7 Å². The molecule has 0 spiro atoms. The quantitative estimate of drug-likeness (QED) is 0.180. The van der Waals surface area contributed by atoms with Crippen LogP contribution < -0.4 is 33.8 Å². The molecule has 0 aliphatic carbocycles. The summed E-state index contributed by atoms with van der Waals surface area (Å²) in [7, 11) is 3.15. The Balaban J connectivity index is 1.44. The summed E-state index contributed by atoms with van der Waals surface area (Å²) in [6, 6.07) is 19.9. The van der Waals surface area contributed by atoms with Crippen molar-refractivity contribution < 1.29 is 28.5 Å². The monoisotopic (exact) mass is 614 g/mol. The summed E-state index contributed by atoms with van der Waals surface area (Å²) in [4.78, 5) is 32.1. The van der Waals surface area contributed by atoms with Crippen molar-refractivity contribution in [3.63, 3.8) is 0 Å². The number of fused-ring (bicyclic) bond motifs is 1. The number of aromatic nitrogens is 1. The number of methoxy groups -OCH3 is 2. The minimum atomic E-state index is -0.703. The number of carbonyl (C=O) groups is 1. The van der Waals surface area contributed by atoms with E-state index >= 15 is 0 Å². The van der Waals surface area contributed by atoms with Gasteiger partial charge in [0.25, 0.3) is 5.56 Å². The van der Waals surface area contributed by atoms with Gasteiger partial charge in [0.2, 0.25) is 0 Å². The predicted octanol–water partition coefficient (Wildman–Crippen LogP) is 4.58. The van der Waals surface area contributed by atoms with Crippen molar-refractivity contribution in [3.8, 4) is 23.0 Å². The Morgan fingerprint density at radius 1 is 0.909 bits per heavy atom. The van der Waals surface area contributed by atoms with Crippen LogP contribution in [0.15, 0.2) is 87.8 Å². The number of hydrogen-bond donors (Lipinski definition) is 0. The average molecular weight is 615 g/mol. The van der Waals surface area contributed by atoms with E-state index in [2.05, 4.69) is 4.99 Å². The van der Waals surface area contributed by atoms with Gasteiger partial charge in [0.15, 0.2) is 16.3 Å². The number of ether oxygens (including phenoxy) is 5. The lowest BCUT2D eigenvalue weighted by Gasteiger charge is -2.24. The highest BCUT2D eigenvalue weighted by atomic mass is 32.1. The van der Waals surface area contributed by atoms with Gasteiger partial charge >= 0.3 is 5.97 Å². The normalized spacial score (nSPS) is 14.5. The van der Waals surface area contributed by atoms with Crippen LogP contribution in [0.2, 0.25) is 0 Å². The summed E-state index contributed by atoms with van der Waals surface area (Å²) >= 11 is 1.26. The Labute approximate surface area is 259 Å². The van der Waals surface area contributed by atoms with Crippen molar-refractivity contribution in [3.05, 3.63) is 114 Å². The van der Waals surface area contributed by atoms with Crippen LogP contribution in [0, 0.1) is 6.92 Å². The third-order valence-electron chi connectivity index (χ3n) is 7.06. The molecule has 44 heavy (non-hydrogen) atoms. The molecule has 5 rings (SSSR count). The number of esters is 1. The molecule has 4 aromatic rings. The second-order valence-electron chi connectivity index (χ2n) is 10.00. The maximum atomic E-state index is 13.9. The Morgan fingerprint density at radius 3 is 2.30 bits per heavy atom. The molecule has 9 nitrogen and oxygen atoms in total. The van der Waals surface area contributed by atoms with E-state index in [1.54, 1.807) is 56.9 Å². The number of carbonyl (C=O) groups excluding carboxylic acids is 1. The van der Waals surface area contributed by atoms with Crippen LogP contribution in [0.1, 0.15) is 36.6 Å². The molecule has 2 heterocycles. The molecule has 1 unspecified atom stereocenters. The van der Waals surface area contributed by atoms with Crippen LogP contribution in [0.4, 0.5) is 0 Å². The number of hydrogen-bond acceptors (Lipinski definition) is 9. The van der Waals surface area contributed by atoms with Crippen molar-refractivity contribution in [2.45, 2.75) is 26.8 Å². The predicted molar refractivity (Wildman–Crippen MR) is 169 cm³/mol. The lowest BCUT2D eigenvalue weighted by Crippen LogP contribution is -2.39. The summed E-state index contributed by atoms with van der Waals surface area (Å²) in [6.45, 7) is 6.44. The smallest absolute Gasteiger partial charge is 0.338 e. The first kappa shape index (κ1) is 30.6. The molecular formula is C34H34N2O7S. The van der Waals surface area contributed by atoms with Crippen LogP contribution in [0.25, 0.3) is 6.08 Å². The van der Waals surface area contributed by atoms with E-state index in [4.69, 9.17) is 23.7 Å². The van der Waals surface area contributed by atoms with Gasteiger partial charge in [-0.3, -0.25) is 9.36 Å². The van der Waals surface area contributed by atoms with Gasteiger partial charge in [-0.2, -0.15) is 0 Å². The summed E-state index contributed by atoms with van der Waals surface area (Å²) < 4.78 is 29.9. The molecule has 1 aliphatic heterocycles. The zero-order valence-electron chi connectivity index (χ0n) is 25.3. The Kier molecular flexibility index (Phi) is 9.50. The molecule has 1 aliphatic rings. The third-order valence-corrected chi connectivity index (χ3v) is 8.05. The Hall–Kier alpha value is -4.83.